The molecule has 1 N–H and O–H groups in total. The number of amides is 1. The van der Waals surface area contributed by atoms with Gasteiger partial charge in [0, 0.05) is 17.7 Å². The highest BCUT2D eigenvalue weighted by molar-refractivity contribution is 7.17. The molecule has 32 heavy (non-hydrogen) atoms. The van der Waals surface area contributed by atoms with Crippen molar-refractivity contribution in [3.05, 3.63) is 51.9 Å². The monoisotopic (exact) mass is 454 g/mol. The van der Waals surface area contributed by atoms with Crippen molar-refractivity contribution in [1.82, 2.24) is 0 Å². The Morgan fingerprint density at radius 1 is 1.12 bits per heavy atom. The summed E-state index contributed by atoms with van der Waals surface area (Å²) in [6.45, 7) is 3.90. The smallest absolute Gasteiger partial charge is 0.341 e. The highest BCUT2D eigenvalue weighted by atomic mass is 32.1. The predicted molar refractivity (Wildman–Crippen MR) is 121 cm³/mol. The molecular formula is C24H26N2O5S. The van der Waals surface area contributed by atoms with E-state index in [9.17, 15) is 19.6 Å². The second-order valence-corrected chi connectivity index (χ2v) is 8.62. The van der Waals surface area contributed by atoms with Gasteiger partial charge in [-0.3, -0.25) is 9.59 Å². The minimum atomic E-state index is -0.684. The molecule has 1 aliphatic carbocycles. The summed E-state index contributed by atoms with van der Waals surface area (Å²) in [6.07, 6.45) is 1.47. The van der Waals surface area contributed by atoms with Gasteiger partial charge in [-0.1, -0.05) is 30.3 Å². The molecule has 1 aliphatic rings. The summed E-state index contributed by atoms with van der Waals surface area (Å²) in [5.41, 5.74) is 1.45. The molecule has 0 saturated heterocycles. The lowest BCUT2D eigenvalue weighted by Crippen LogP contribution is -2.31. The maximum atomic E-state index is 12.7. The zero-order valence-electron chi connectivity index (χ0n) is 18.2. The fourth-order valence-electron chi connectivity index (χ4n) is 3.93. The van der Waals surface area contributed by atoms with Crippen LogP contribution in [0, 0.1) is 11.3 Å². The number of fused-ring (bicyclic) bond motifs is 1. The van der Waals surface area contributed by atoms with Crippen LogP contribution < -0.4 is 5.32 Å². The number of nitrogens with zero attached hydrogens (tertiary/aromatic N) is 1. The standard InChI is InChI=1S/C24H26N2O5S/c1-3-30-20(28)11-10-19(27)26-22-21(23(29)31-4-2)17-12-13-24(15-25,14-18(17)32-22)16-8-6-5-7-9-16/h5-9H,3-4,10-14H2,1-2H3,(H,26,27). The lowest BCUT2D eigenvalue weighted by atomic mass is 9.70. The molecule has 2 aromatic rings. The van der Waals surface area contributed by atoms with E-state index in [1.807, 2.05) is 30.3 Å². The highest BCUT2D eigenvalue weighted by Gasteiger charge is 2.40. The maximum Gasteiger partial charge on any atom is 0.341 e. The van der Waals surface area contributed by atoms with Crippen molar-refractivity contribution < 1.29 is 23.9 Å². The van der Waals surface area contributed by atoms with Gasteiger partial charge in [-0.25, -0.2) is 4.79 Å². The molecule has 1 aromatic heterocycles. The Balaban J connectivity index is 1.89. The first-order valence-corrected chi connectivity index (χ1v) is 11.5. The van der Waals surface area contributed by atoms with Gasteiger partial charge in [-0.05, 0) is 37.8 Å². The largest absolute Gasteiger partial charge is 0.466 e. The number of nitriles is 1. The first-order chi connectivity index (χ1) is 15.4. The summed E-state index contributed by atoms with van der Waals surface area (Å²) in [4.78, 5) is 37.6. The molecule has 0 bridgehead atoms. The molecule has 0 aliphatic heterocycles. The molecule has 1 unspecified atom stereocenters. The van der Waals surface area contributed by atoms with Crippen molar-refractivity contribution in [2.45, 2.75) is 51.4 Å². The third-order valence-electron chi connectivity index (χ3n) is 5.49. The number of thiophene rings is 1. The zero-order chi connectivity index (χ0) is 23.1. The Labute approximate surface area is 191 Å². The van der Waals surface area contributed by atoms with E-state index in [2.05, 4.69) is 11.4 Å². The molecule has 7 nitrogen and oxygen atoms in total. The van der Waals surface area contributed by atoms with Crippen molar-refractivity contribution in [2.75, 3.05) is 18.5 Å². The third-order valence-corrected chi connectivity index (χ3v) is 6.64. The van der Waals surface area contributed by atoms with Crippen LogP contribution in [-0.2, 0) is 37.3 Å². The molecule has 0 fully saturated rings. The maximum absolute atomic E-state index is 12.7. The van der Waals surface area contributed by atoms with E-state index >= 15 is 0 Å². The molecule has 1 heterocycles. The van der Waals surface area contributed by atoms with Crippen LogP contribution in [0.4, 0.5) is 5.00 Å². The Hall–Kier alpha value is -3.18. The number of benzene rings is 1. The van der Waals surface area contributed by atoms with Gasteiger partial charge in [0.05, 0.1) is 36.7 Å². The van der Waals surface area contributed by atoms with E-state index in [1.165, 1.54) is 11.3 Å². The molecule has 0 radical (unpaired) electrons. The normalized spacial score (nSPS) is 17.0. The van der Waals surface area contributed by atoms with Crippen LogP contribution in [-0.4, -0.2) is 31.1 Å². The second kappa shape index (κ2) is 10.4. The first kappa shape index (κ1) is 23.5. The number of anilines is 1. The molecule has 0 spiro atoms. The summed E-state index contributed by atoms with van der Waals surface area (Å²) < 4.78 is 10.1. The number of hydrogen-bond acceptors (Lipinski definition) is 7. The van der Waals surface area contributed by atoms with Crippen molar-refractivity contribution in [3.63, 3.8) is 0 Å². The molecule has 168 valence electrons. The van der Waals surface area contributed by atoms with Crippen LogP contribution >= 0.6 is 11.3 Å². The van der Waals surface area contributed by atoms with E-state index in [-0.39, 0.29) is 32.0 Å². The fourth-order valence-corrected chi connectivity index (χ4v) is 5.29. The van der Waals surface area contributed by atoms with Gasteiger partial charge in [-0.15, -0.1) is 11.3 Å². The summed E-state index contributed by atoms with van der Waals surface area (Å²) in [6, 6.07) is 12.1. The predicted octanol–water partition coefficient (Wildman–Crippen LogP) is 4.16. The van der Waals surface area contributed by atoms with Crippen LogP contribution in [0.5, 0.6) is 0 Å². The van der Waals surface area contributed by atoms with Crippen molar-refractivity contribution >= 4 is 34.2 Å². The van der Waals surface area contributed by atoms with E-state index in [1.54, 1.807) is 13.8 Å². The van der Waals surface area contributed by atoms with Crippen molar-refractivity contribution in [2.24, 2.45) is 0 Å². The summed E-state index contributed by atoms with van der Waals surface area (Å²) >= 11 is 1.30. The first-order valence-electron chi connectivity index (χ1n) is 10.7. The quantitative estimate of drug-likeness (QED) is 0.601. The molecule has 1 aromatic carbocycles. The molecule has 1 amide bonds. The average Bonchev–Trinajstić information content (AvgIpc) is 3.15. The Kier molecular flexibility index (Phi) is 7.65. The van der Waals surface area contributed by atoms with Gasteiger partial charge in [-0.2, -0.15) is 5.26 Å². The van der Waals surface area contributed by atoms with Crippen molar-refractivity contribution in [3.8, 4) is 6.07 Å². The summed E-state index contributed by atoms with van der Waals surface area (Å²) in [5, 5.41) is 13.2. The SMILES string of the molecule is CCOC(=O)CCC(=O)Nc1sc2c(c1C(=O)OCC)CCC(C#N)(c1ccccc1)C2. The molecule has 1 atom stereocenters. The van der Waals surface area contributed by atoms with Crippen LogP contribution in [0.1, 0.15) is 59.5 Å². The zero-order valence-corrected chi connectivity index (χ0v) is 19.0. The topological polar surface area (TPSA) is 105 Å². The van der Waals surface area contributed by atoms with Crippen LogP contribution in [0.15, 0.2) is 30.3 Å². The van der Waals surface area contributed by atoms with E-state index in [0.29, 0.717) is 29.8 Å². The van der Waals surface area contributed by atoms with E-state index in [4.69, 9.17) is 9.47 Å². The number of hydrogen-bond donors (Lipinski definition) is 1. The van der Waals surface area contributed by atoms with Crippen LogP contribution in [0.25, 0.3) is 0 Å². The van der Waals surface area contributed by atoms with Gasteiger partial charge < -0.3 is 14.8 Å². The Bertz CT molecular complexity index is 1040. The second-order valence-electron chi connectivity index (χ2n) is 7.52. The molecular weight excluding hydrogens is 428 g/mol. The van der Waals surface area contributed by atoms with E-state index < -0.39 is 17.4 Å². The summed E-state index contributed by atoms with van der Waals surface area (Å²) in [7, 11) is 0. The fraction of sp³-hybridized carbons (Fsp3) is 0.417. The number of nitrogens with one attached hydrogen (secondary N) is 1. The van der Waals surface area contributed by atoms with Gasteiger partial charge in [0.15, 0.2) is 0 Å². The van der Waals surface area contributed by atoms with Gasteiger partial charge >= 0.3 is 11.9 Å². The minimum absolute atomic E-state index is 0.0367. The minimum Gasteiger partial charge on any atom is -0.466 e. The number of rotatable bonds is 8. The average molecular weight is 455 g/mol. The van der Waals surface area contributed by atoms with Gasteiger partial charge in [0.1, 0.15) is 5.00 Å². The highest BCUT2D eigenvalue weighted by Crippen LogP contribution is 2.45. The van der Waals surface area contributed by atoms with Crippen LogP contribution in [0.2, 0.25) is 0 Å². The van der Waals surface area contributed by atoms with Crippen molar-refractivity contribution in [1.29, 1.82) is 5.26 Å². The van der Waals surface area contributed by atoms with Crippen LogP contribution in [0.3, 0.4) is 0 Å². The lowest BCUT2D eigenvalue weighted by Gasteiger charge is -2.31. The lowest BCUT2D eigenvalue weighted by molar-refractivity contribution is -0.144. The van der Waals surface area contributed by atoms with Gasteiger partial charge in [0.25, 0.3) is 0 Å². The van der Waals surface area contributed by atoms with Gasteiger partial charge in [0.2, 0.25) is 5.91 Å². The number of esters is 2. The molecule has 0 saturated carbocycles. The Morgan fingerprint density at radius 2 is 1.84 bits per heavy atom. The Morgan fingerprint density at radius 3 is 2.50 bits per heavy atom. The number of carbonyl (C=O) groups is 3. The third kappa shape index (κ3) is 5.00. The molecule has 3 rings (SSSR count). The van der Waals surface area contributed by atoms with E-state index in [0.717, 1.165) is 16.0 Å². The summed E-state index contributed by atoms with van der Waals surface area (Å²) in [5.74, 6) is -1.31. The molecule has 8 heteroatoms. The number of ether oxygens (including phenoxy) is 2. The number of carbonyl (C=O) groups excluding carboxylic acids is 3.